The third-order valence-corrected chi connectivity index (χ3v) is 3.86. The molecule has 4 atom stereocenters. The molecule has 0 aromatic rings. The standard InChI is InChI=1S/C12H24N2O/c13-9-5-1-3-7-11(9)15-12-8-4-2-6-10(12)14/h9-12H,1-8,13-14H2/t9-,10-,11+,12+/m1/s1. The first-order valence-electron chi connectivity index (χ1n) is 6.44. The summed E-state index contributed by atoms with van der Waals surface area (Å²) in [6.07, 6.45) is 10.1. The van der Waals surface area contributed by atoms with Gasteiger partial charge in [-0.1, -0.05) is 25.7 Å². The summed E-state index contributed by atoms with van der Waals surface area (Å²) < 4.78 is 6.11. The predicted octanol–water partition coefficient (Wildman–Crippen LogP) is 1.54. The highest BCUT2D eigenvalue weighted by atomic mass is 16.5. The van der Waals surface area contributed by atoms with E-state index in [9.17, 15) is 0 Å². The Bertz CT molecular complexity index is 178. The van der Waals surface area contributed by atoms with E-state index >= 15 is 0 Å². The van der Waals surface area contributed by atoms with Crippen molar-refractivity contribution in [3.63, 3.8) is 0 Å². The minimum absolute atomic E-state index is 0.243. The van der Waals surface area contributed by atoms with E-state index in [2.05, 4.69) is 0 Å². The van der Waals surface area contributed by atoms with Gasteiger partial charge in [-0.25, -0.2) is 0 Å². The number of nitrogens with two attached hydrogens (primary N) is 2. The number of rotatable bonds is 2. The molecule has 15 heavy (non-hydrogen) atoms. The van der Waals surface area contributed by atoms with Gasteiger partial charge in [-0.3, -0.25) is 0 Å². The third kappa shape index (κ3) is 2.92. The van der Waals surface area contributed by atoms with Crippen LogP contribution in [0.3, 0.4) is 0 Å². The van der Waals surface area contributed by atoms with Crippen LogP contribution in [0.2, 0.25) is 0 Å². The van der Waals surface area contributed by atoms with E-state index in [0.29, 0.717) is 0 Å². The SMILES string of the molecule is N[C@@H]1CCCC[C@@H]1O[C@H]1CCCC[C@H]1N. The normalized spacial score (nSPS) is 42.8. The van der Waals surface area contributed by atoms with Crippen LogP contribution in [0.15, 0.2) is 0 Å². The molecule has 2 aliphatic carbocycles. The number of ether oxygens (including phenoxy) is 1. The summed E-state index contributed by atoms with van der Waals surface area (Å²) >= 11 is 0. The van der Waals surface area contributed by atoms with E-state index in [-0.39, 0.29) is 24.3 Å². The minimum atomic E-state index is 0.243. The molecule has 0 bridgehead atoms. The van der Waals surface area contributed by atoms with E-state index in [0.717, 1.165) is 25.7 Å². The molecule has 2 saturated carbocycles. The minimum Gasteiger partial charge on any atom is -0.372 e. The molecule has 0 unspecified atom stereocenters. The molecule has 0 aromatic carbocycles. The monoisotopic (exact) mass is 212 g/mol. The molecule has 0 aromatic heterocycles. The first-order valence-corrected chi connectivity index (χ1v) is 6.44. The van der Waals surface area contributed by atoms with Gasteiger partial charge in [0.2, 0.25) is 0 Å². The highest BCUT2D eigenvalue weighted by Crippen LogP contribution is 2.26. The number of hydrogen-bond donors (Lipinski definition) is 2. The molecular weight excluding hydrogens is 188 g/mol. The maximum absolute atomic E-state index is 6.11. The molecule has 0 saturated heterocycles. The Labute approximate surface area is 92.5 Å². The van der Waals surface area contributed by atoms with Gasteiger partial charge in [-0.15, -0.1) is 0 Å². The van der Waals surface area contributed by atoms with Gasteiger partial charge in [0.05, 0.1) is 12.2 Å². The van der Waals surface area contributed by atoms with Crippen LogP contribution in [0.1, 0.15) is 51.4 Å². The summed E-state index contributed by atoms with van der Waals surface area (Å²) in [4.78, 5) is 0. The van der Waals surface area contributed by atoms with Crippen LogP contribution in [0, 0.1) is 0 Å². The summed E-state index contributed by atoms with van der Waals surface area (Å²) in [5, 5.41) is 0. The Morgan fingerprint density at radius 2 is 1.07 bits per heavy atom. The second-order valence-electron chi connectivity index (χ2n) is 5.11. The van der Waals surface area contributed by atoms with Crippen molar-refractivity contribution in [1.82, 2.24) is 0 Å². The molecular formula is C12H24N2O. The molecule has 0 radical (unpaired) electrons. The molecule has 2 fully saturated rings. The van der Waals surface area contributed by atoms with Gasteiger partial charge in [0.1, 0.15) is 0 Å². The van der Waals surface area contributed by atoms with Crippen molar-refractivity contribution in [3.05, 3.63) is 0 Å². The molecule has 0 aliphatic heterocycles. The second kappa shape index (κ2) is 5.28. The average Bonchev–Trinajstić information content (AvgIpc) is 2.24. The Balaban J connectivity index is 1.83. The van der Waals surface area contributed by atoms with Gasteiger partial charge < -0.3 is 16.2 Å². The fourth-order valence-electron chi connectivity index (χ4n) is 2.81. The lowest BCUT2D eigenvalue weighted by Crippen LogP contribution is -2.47. The molecule has 2 rings (SSSR count). The zero-order chi connectivity index (χ0) is 10.7. The summed E-state index contributed by atoms with van der Waals surface area (Å²) in [6.45, 7) is 0. The molecule has 3 heteroatoms. The van der Waals surface area contributed by atoms with Crippen molar-refractivity contribution in [2.75, 3.05) is 0 Å². The van der Waals surface area contributed by atoms with Gasteiger partial charge in [0.15, 0.2) is 0 Å². The first-order chi connectivity index (χ1) is 7.27. The van der Waals surface area contributed by atoms with Crippen molar-refractivity contribution < 1.29 is 4.74 Å². The maximum Gasteiger partial charge on any atom is 0.0730 e. The van der Waals surface area contributed by atoms with Gasteiger partial charge in [0.25, 0.3) is 0 Å². The van der Waals surface area contributed by atoms with Crippen molar-refractivity contribution in [3.8, 4) is 0 Å². The zero-order valence-electron chi connectivity index (χ0n) is 9.53. The molecule has 2 aliphatic rings. The molecule has 88 valence electrons. The first kappa shape index (κ1) is 11.4. The van der Waals surface area contributed by atoms with Gasteiger partial charge in [-0.05, 0) is 25.7 Å². The third-order valence-electron chi connectivity index (χ3n) is 3.86. The van der Waals surface area contributed by atoms with Crippen LogP contribution in [0.25, 0.3) is 0 Å². The summed E-state index contributed by atoms with van der Waals surface area (Å²) in [5.74, 6) is 0. The van der Waals surface area contributed by atoms with E-state index < -0.39 is 0 Å². The van der Waals surface area contributed by atoms with Crippen molar-refractivity contribution in [2.24, 2.45) is 11.5 Å². The molecule has 0 spiro atoms. The Kier molecular flexibility index (Phi) is 4.00. The largest absolute Gasteiger partial charge is 0.372 e. The quantitative estimate of drug-likeness (QED) is 0.730. The van der Waals surface area contributed by atoms with E-state index in [4.69, 9.17) is 16.2 Å². The van der Waals surface area contributed by atoms with Crippen molar-refractivity contribution in [1.29, 1.82) is 0 Å². The van der Waals surface area contributed by atoms with Crippen molar-refractivity contribution in [2.45, 2.75) is 75.7 Å². The highest BCUT2D eigenvalue weighted by molar-refractivity contribution is 4.84. The fraction of sp³-hybridized carbons (Fsp3) is 1.00. The van der Waals surface area contributed by atoms with Crippen LogP contribution in [-0.4, -0.2) is 24.3 Å². The molecule has 4 N–H and O–H groups in total. The summed E-state index contributed by atoms with van der Waals surface area (Å²) in [7, 11) is 0. The predicted molar refractivity (Wildman–Crippen MR) is 61.5 cm³/mol. The van der Waals surface area contributed by atoms with Crippen molar-refractivity contribution >= 4 is 0 Å². The lowest BCUT2D eigenvalue weighted by atomic mass is 9.90. The molecule has 0 amide bonds. The van der Waals surface area contributed by atoms with Crippen LogP contribution in [0.4, 0.5) is 0 Å². The lowest BCUT2D eigenvalue weighted by molar-refractivity contribution is -0.0621. The summed E-state index contributed by atoms with van der Waals surface area (Å²) in [5.41, 5.74) is 12.2. The molecule has 0 heterocycles. The van der Waals surface area contributed by atoms with Crippen LogP contribution < -0.4 is 11.5 Å². The van der Waals surface area contributed by atoms with Gasteiger partial charge in [0, 0.05) is 12.1 Å². The second-order valence-corrected chi connectivity index (χ2v) is 5.11. The topological polar surface area (TPSA) is 61.3 Å². The lowest BCUT2D eigenvalue weighted by Gasteiger charge is -2.36. The fourth-order valence-corrected chi connectivity index (χ4v) is 2.81. The Morgan fingerprint density at radius 3 is 1.47 bits per heavy atom. The van der Waals surface area contributed by atoms with Gasteiger partial charge >= 0.3 is 0 Å². The van der Waals surface area contributed by atoms with E-state index in [1.165, 1.54) is 25.7 Å². The van der Waals surface area contributed by atoms with Crippen LogP contribution in [0.5, 0.6) is 0 Å². The van der Waals surface area contributed by atoms with Crippen LogP contribution in [-0.2, 0) is 4.74 Å². The Morgan fingerprint density at radius 1 is 0.667 bits per heavy atom. The molecule has 3 nitrogen and oxygen atoms in total. The van der Waals surface area contributed by atoms with Crippen LogP contribution >= 0.6 is 0 Å². The highest BCUT2D eigenvalue weighted by Gasteiger charge is 2.29. The Hall–Kier alpha value is -0.120. The van der Waals surface area contributed by atoms with E-state index in [1.807, 2.05) is 0 Å². The van der Waals surface area contributed by atoms with E-state index in [1.54, 1.807) is 0 Å². The zero-order valence-corrected chi connectivity index (χ0v) is 9.53. The summed E-state index contributed by atoms with van der Waals surface area (Å²) in [6, 6.07) is 0.487. The smallest absolute Gasteiger partial charge is 0.0730 e. The number of hydrogen-bond acceptors (Lipinski definition) is 3. The maximum atomic E-state index is 6.11. The average molecular weight is 212 g/mol. The van der Waals surface area contributed by atoms with Gasteiger partial charge in [-0.2, -0.15) is 0 Å².